The van der Waals surface area contributed by atoms with Crippen LogP contribution in [-0.2, 0) is 17.9 Å². The number of benzene rings is 3. The minimum absolute atomic E-state index is 0.0189. The molecule has 0 aliphatic carbocycles. The highest BCUT2D eigenvalue weighted by molar-refractivity contribution is 6.30. The van der Waals surface area contributed by atoms with Gasteiger partial charge >= 0.3 is 0 Å². The van der Waals surface area contributed by atoms with Crippen molar-refractivity contribution in [3.05, 3.63) is 95.0 Å². The van der Waals surface area contributed by atoms with Crippen molar-refractivity contribution >= 4 is 29.1 Å². The van der Waals surface area contributed by atoms with Crippen molar-refractivity contribution in [2.45, 2.75) is 26.9 Å². The van der Waals surface area contributed by atoms with E-state index in [9.17, 15) is 4.79 Å². The van der Waals surface area contributed by atoms with Gasteiger partial charge in [0, 0.05) is 24.0 Å². The second-order valence-corrected chi connectivity index (χ2v) is 8.57. The lowest BCUT2D eigenvalue weighted by Crippen LogP contribution is -2.41. The molecule has 0 radical (unpaired) electrons. The van der Waals surface area contributed by atoms with Gasteiger partial charge in [0.15, 0.2) is 0 Å². The third-order valence-corrected chi connectivity index (χ3v) is 5.66. The summed E-state index contributed by atoms with van der Waals surface area (Å²) >= 11 is 12.0. The molecule has 0 saturated carbocycles. The van der Waals surface area contributed by atoms with Crippen LogP contribution in [0.2, 0.25) is 5.02 Å². The second kappa shape index (κ2) is 10.0. The average molecular weight is 442 g/mol. The number of ether oxygens (including phenoxy) is 1. The quantitative estimate of drug-likeness (QED) is 0.354. The summed E-state index contributed by atoms with van der Waals surface area (Å²) in [5.74, 6) is 1.69. The molecule has 0 aromatic heterocycles. The van der Waals surface area contributed by atoms with Crippen molar-refractivity contribution < 1.29 is 9.53 Å². The van der Waals surface area contributed by atoms with Crippen LogP contribution in [0.4, 0.5) is 0 Å². The summed E-state index contributed by atoms with van der Waals surface area (Å²) in [6, 6.07) is 25.0. The molecule has 3 aromatic carbocycles. The first-order chi connectivity index (χ1) is 14.4. The van der Waals surface area contributed by atoms with Gasteiger partial charge in [-0.25, -0.2) is 0 Å². The number of nitrogens with zero attached hydrogens (tertiary/aromatic N) is 1. The minimum Gasteiger partial charge on any atom is -0.457 e. The summed E-state index contributed by atoms with van der Waals surface area (Å²) in [5, 5.41) is 0.660. The average Bonchev–Trinajstić information content (AvgIpc) is 2.75. The van der Waals surface area contributed by atoms with E-state index in [0.29, 0.717) is 29.6 Å². The van der Waals surface area contributed by atoms with Crippen LogP contribution in [0, 0.1) is 5.41 Å². The third-order valence-electron chi connectivity index (χ3n) is 4.74. The van der Waals surface area contributed by atoms with Gasteiger partial charge < -0.3 is 9.64 Å². The van der Waals surface area contributed by atoms with Gasteiger partial charge in [0.2, 0.25) is 5.91 Å². The van der Waals surface area contributed by atoms with Crippen LogP contribution in [0.1, 0.15) is 25.0 Å². The molecule has 1 amide bonds. The van der Waals surface area contributed by atoms with Crippen molar-refractivity contribution in [2.75, 3.05) is 5.88 Å². The first-order valence-corrected chi connectivity index (χ1v) is 10.7. The number of rotatable bonds is 8. The monoisotopic (exact) mass is 441 g/mol. The van der Waals surface area contributed by atoms with Gasteiger partial charge in [0.25, 0.3) is 0 Å². The van der Waals surface area contributed by atoms with Gasteiger partial charge in [0.1, 0.15) is 11.5 Å². The number of amides is 1. The Kier molecular flexibility index (Phi) is 7.41. The zero-order chi connectivity index (χ0) is 21.6. The van der Waals surface area contributed by atoms with Gasteiger partial charge in [-0.3, -0.25) is 4.79 Å². The van der Waals surface area contributed by atoms with Crippen molar-refractivity contribution in [3.63, 3.8) is 0 Å². The van der Waals surface area contributed by atoms with E-state index in [4.69, 9.17) is 27.9 Å². The number of carbonyl (C=O) groups excluding carboxylic acids is 1. The molecule has 3 aromatic rings. The number of carbonyl (C=O) groups is 1. The Morgan fingerprint density at radius 1 is 0.867 bits per heavy atom. The van der Waals surface area contributed by atoms with Crippen LogP contribution in [0.15, 0.2) is 78.9 Å². The lowest BCUT2D eigenvalue weighted by atomic mass is 9.93. The van der Waals surface area contributed by atoms with Crippen LogP contribution < -0.4 is 4.74 Å². The van der Waals surface area contributed by atoms with E-state index in [1.54, 1.807) is 12.1 Å². The van der Waals surface area contributed by atoms with Crippen LogP contribution in [0.5, 0.6) is 11.5 Å². The SMILES string of the molecule is CC(C)(CCl)C(=O)N(Cc1ccccc1)Cc1cccc(Oc2ccc(Cl)cc2)c1. The molecule has 156 valence electrons. The molecule has 0 N–H and O–H groups in total. The molecule has 0 fully saturated rings. The fourth-order valence-corrected chi connectivity index (χ4v) is 3.30. The highest BCUT2D eigenvalue weighted by atomic mass is 35.5. The number of hydrogen-bond donors (Lipinski definition) is 0. The summed E-state index contributed by atoms with van der Waals surface area (Å²) < 4.78 is 5.94. The molecule has 0 spiro atoms. The third kappa shape index (κ3) is 6.01. The van der Waals surface area contributed by atoms with E-state index >= 15 is 0 Å². The maximum absolute atomic E-state index is 13.2. The van der Waals surface area contributed by atoms with Gasteiger partial charge in [-0.15, -0.1) is 11.6 Å². The van der Waals surface area contributed by atoms with Gasteiger partial charge in [-0.1, -0.05) is 54.1 Å². The topological polar surface area (TPSA) is 29.5 Å². The predicted octanol–water partition coefficient (Wildman–Crippen LogP) is 6.93. The summed E-state index contributed by atoms with van der Waals surface area (Å²) in [7, 11) is 0. The lowest BCUT2D eigenvalue weighted by Gasteiger charge is -2.31. The standard InChI is InChI=1S/C25H25Cl2NO2/c1-25(2,18-26)24(29)28(16-19-7-4-3-5-8-19)17-20-9-6-10-23(15-20)30-22-13-11-21(27)12-14-22/h3-15H,16-18H2,1-2H3. The Hall–Kier alpha value is -2.49. The van der Waals surface area contributed by atoms with E-state index in [1.807, 2.05) is 85.5 Å². The first kappa shape index (κ1) is 22.2. The molecular formula is C25H25Cl2NO2. The fraction of sp³-hybridized carbons (Fsp3) is 0.240. The molecule has 30 heavy (non-hydrogen) atoms. The van der Waals surface area contributed by atoms with Crippen LogP contribution in [-0.4, -0.2) is 16.7 Å². The minimum atomic E-state index is -0.645. The predicted molar refractivity (Wildman–Crippen MR) is 123 cm³/mol. The second-order valence-electron chi connectivity index (χ2n) is 7.87. The van der Waals surface area contributed by atoms with E-state index in [1.165, 1.54) is 0 Å². The molecule has 0 bridgehead atoms. The molecule has 0 aliphatic rings. The molecule has 3 rings (SSSR count). The molecule has 0 heterocycles. The van der Waals surface area contributed by atoms with E-state index < -0.39 is 5.41 Å². The molecule has 0 unspecified atom stereocenters. The zero-order valence-corrected chi connectivity index (χ0v) is 18.7. The van der Waals surface area contributed by atoms with Crippen LogP contribution >= 0.6 is 23.2 Å². The van der Waals surface area contributed by atoms with Crippen molar-refractivity contribution in [3.8, 4) is 11.5 Å². The van der Waals surface area contributed by atoms with Crippen LogP contribution in [0.3, 0.4) is 0 Å². The van der Waals surface area contributed by atoms with E-state index in [2.05, 4.69) is 0 Å². The van der Waals surface area contributed by atoms with Gasteiger partial charge in [-0.2, -0.15) is 0 Å². The zero-order valence-electron chi connectivity index (χ0n) is 17.1. The lowest BCUT2D eigenvalue weighted by molar-refractivity contribution is -0.140. The molecule has 0 saturated heterocycles. The summed E-state index contributed by atoms with van der Waals surface area (Å²) in [4.78, 5) is 15.1. The number of halogens is 2. The van der Waals surface area contributed by atoms with Crippen molar-refractivity contribution in [1.82, 2.24) is 4.90 Å². The first-order valence-electron chi connectivity index (χ1n) is 9.79. The Bertz CT molecular complexity index is 972. The van der Waals surface area contributed by atoms with E-state index in [-0.39, 0.29) is 11.8 Å². The van der Waals surface area contributed by atoms with Gasteiger partial charge in [-0.05, 0) is 61.4 Å². The van der Waals surface area contributed by atoms with Crippen molar-refractivity contribution in [2.24, 2.45) is 5.41 Å². The Morgan fingerprint density at radius 2 is 1.50 bits per heavy atom. The van der Waals surface area contributed by atoms with Crippen molar-refractivity contribution in [1.29, 1.82) is 0 Å². The Morgan fingerprint density at radius 3 is 2.17 bits per heavy atom. The largest absolute Gasteiger partial charge is 0.457 e. The van der Waals surface area contributed by atoms with Crippen LogP contribution in [0.25, 0.3) is 0 Å². The summed E-state index contributed by atoms with van der Waals surface area (Å²) in [6.07, 6.45) is 0. The maximum atomic E-state index is 13.2. The maximum Gasteiger partial charge on any atom is 0.230 e. The fourth-order valence-electron chi connectivity index (χ4n) is 3.05. The molecule has 3 nitrogen and oxygen atoms in total. The number of alkyl halides is 1. The summed E-state index contributed by atoms with van der Waals surface area (Å²) in [5.41, 5.74) is 1.41. The summed E-state index contributed by atoms with van der Waals surface area (Å²) in [6.45, 7) is 4.73. The van der Waals surface area contributed by atoms with Gasteiger partial charge in [0.05, 0.1) is 5.41 Å². The highest BCUT2D eigenvalue weighted by Crippen LogP contribution is 2.27. The highest BCUT2D eigenvalue weighted by Gasteiger charge is 2.31. The normalized spacial score (nSPS) is 11.2. The smallest absolute Gasteiger partial charge is 0.230 e. The molecule has 0 aliphatic heterocycles. The molecule has 0 atom stereocenters. The molecule has 5 heteroatoms. The molecular weight excluding hydrogens is 417 g/mol. The Labute approximate surface area is 188 Å². The van der Waals surface area contributed by atoms with E-state index in [0.717, 1.165) is 11.1 Å². The Balaban J connectivity index is 1.81. The number of hydrogen-bond acceptors (Lipinski definition) is 2.